The summed E-state index contributed by atoms with van der Waals surface area (Å²) in [7, 11) is 0. The van der Waals surface area contributed by atoms with Crippen molar-refractivity contribution in [3.63, 3.8) is 0 Å². The van der Waals surface area contributed by atoms with Crippen molar-refractivity contribution in [2.75, 3.05) is 37.7 Å². The number of ether oxygens (including phenoxy) is 1. The summed E-state index contributed by atoms with van der Waals surface area (Å²) in [6.07, 6.45) is 4.10. The molecule has 9 nitrogen and oxygen atoms in total. The molecule has 9 heteroatoms. The standard InChI is InChI=1S/C22H28N6O3/c1-14(2)20-24-21(25-31-20)28-10-18-16(11-29)17-9-26(12-22(17,13-28)30-18)7-15-8-27-6-4-3-5-19(27)23-15/h3-6,8,14,16-18,29H,7,9-13H2,1-2H3/t16-,17+,18+,22-/m0/s1. The van der Waals surface area contributed by atoms with E-state index in [1.165, 1.54) is 0 Å². The molecule has 3 aliphatic heterocycles. The van der Waals surface area contributed by atoms with Crippen LogP contribution < -0.4 is 4.90 Å². The van der Waals surface area contributed by atoms with Gasteiger partial charge in [-0.1, -0.05) is 19.9 Å². The predicted molar refractivity (Wildman–Crippen MR) is 113 cm³/mol. The Balaban J connectivity index is 1.24. The number of morpholine rings is 1. The largest absolute Gasteiger partial charge is 0.396 e. The lowest BCUT2D eigenvalue weighted by atomic mass is 9.83. The molecule has 31 heavy (non-hydrogen) atoms. The first-order valence-electron chi connectivity index (χ1n) is 11.1. The number of anilines is 1. The number of aromatic nitrogens is 4. The zero-order valence-corrected chi connectivity index (χ0v) is 17.9. The zero-order valence-electron chi connectivity index (χ0n) is 17.9. The van der Waals surface area contributed by atoms with E-state index in [1.807, 2.05) is 38.2 Å². The maximum absolute atomic E-state index is 10.2. The minimum absolute atomic E-state index is 0.0120. The molecule has 0 unspecified atom stereocenters. The number of aliphatic hydroxyl groups is 1. The minimum atomic E-state index is -0.325. The van der Waals surface area contributed by atoms with Crippen LogP contribution in [-0.4, -0.2) is 74.0 Å². The second kappa shape index (κ2) is 7.01. The number of rotatable bonds is 5. The summed E-state index contributed by atoms with van der Waals surface area (Å²) in [5, 5.41) is 14.4. The van der Waals surface area contributed by atoms with Crippen molar-refractivity contribution in [1.82, 2.24) is 24.4 Å². The number of aliphatic hydroxyl groups excluding tert-OH is 1. The molecule has 4 atom stereocenters. The van der Waals surface area contributed by atoms with Crippen LogP contribution in [0.4, 0.5) is 5.95 Å². The Hall–Kier alpha value is -2.49. The summed E-state index contributed by atoms with van der Waals surface area (Å²) in [4.78, 5) is 14.0. The molecule has 3 aromatic heterocycles. The molecule has 0 aliphatic carbocycles. The van der Waals surface area contributed by atoms with E-state index < -0.39 is 0 Å². The van der Waals surface area contributed by atoms with Crippen LogP contribution in [0.2, 0.25) is 0 Å². The first-order chi connectivity index (χ1) is 15.0. The Morgan fingerprint density at radius 2 is 2.13 bits per heavy atom. The van der Waals surface area contributed by atoms with Crippen LogP contribution in [0.15, 0.2) is 35.1 Å². The Bertz CT molecular complexity index is 1060. The van der Waals surface area contributed by atoms with Crippen molar-refractivity contribution < 1.29 is 14.4 Å². The smallest absolute Gasteiger partial charge is 0.266 e. The minimum Gasteiger partial charge on any atom is -0.396 e. The topological polar surface area (TPSA) is 92.2 Å². The van der Waals surface area contributed by atoms with Gasteiger partial charge in [0, 0.05) is 62.9 Å². The Labute approximate surface area is 180 Å². The van der Waals surface area contributed by atoms with Crippen molar-refractivity contribution in [2.45, 2.75) is 38.0 Å². The average molecular weight is 425 g/mol. The molecule has 6 heterocycles. The fourth-order valence-corrected chi connectivity index (χ4v) is 5.69. The van der Waals surface area contributed by atoms with Gasteiger partial charge in [-0.15, -0.1) is 0 Å². The maximum atomic E-state index is 10.2. The van der Waals surface area contributed by atoms with Gasteiger partial charge < -0.3 is 23.7 Å². The van der Waals surface area contributed by atoms with Crippen LogP contribution in [0.3, 0.4) is 0 Å². The van der Waals surface area contributed by atoms with E-state index in [0.717, 1.165) is 31.0 Å². The van der Waals surface area contributed by atoms with Gasteiger partial charge in [-0.25, -0.2) is 4.98 Å². The Kier molecular flexibility index (Phi) is 4.35. The average Bonchev–Trinajstić information content (AvgIpc) is 3.49. The molecule has 0 saturated carbocycles. The lowest BCUT2D eigenvalue weighted by Gasteiger charge is -2.39. The molecule has 0 aromatic carbocycles. The Morgan fingerprint density at radius 1 is 1.23 bits per heavy atom. The molecule has 1 N–H and O–H groups in total. The number of imidazole rings is 1. The SMILES string of the molecule is CC(C)c1nc(N2C[C@H]3O[C@@]4(CN(Cc5cn6ccccc6n5)C[C@@H]4[C@@H]3CO)C2)no1. The number of pyridine rings is 1. The first kappa shape index (κ1) is 19.2. The highest BCUT2D eigenvalue weighted by atomic mass is 16.5. The third-order valence-corrected chi connectivity index (χ3v) is 7.08. The van der Waals surface area contributed by atoms with Gasteiger partial charge in [-0.3, -0.25) is 4.90 Å². The third kappa shape index (κ3) is 3.06. The van der Waals surface area contributed by atoms with Crippen molar-refractivity contribution in [3.05, 3.63) is 42.2 Å². The highest BCUT2D eigenvalue weighted by molar-refractivity contribution is 5.39. The molecule has 3 aromatic rings. The number of likely N-dealkylation sites (tertiary alicyclic amines) is 1. The van der Waals surface area contributed by atoms with E-state index in [2.05, 4.69) is 30.5 Å². The van der Waals surface area contributed by atoms with E-state index >= 15 is 0 Å². The van der Waals surface area contributed by atoms with Crippen molar-refractivity contribution in [1.29, 1.82) is 0 Å². The van der Waals surface area contributed by atoms with Gasteiger partial charge in [0.1, 0.15) is 11.2 Å². The summed E-state index contributed by atoms with van der Waals surface area (Å²) in [6, 6.07) is 6.03. The molecular formula is C22H28N6O3. The Morgan fingerprint density at radius 3 is 2.90 bits per heavy atom. The quantitative estimate of drug-likeness (QED) is 0.660. The van der Waals surface area contributed by atoms with Crippen LogP contribution >= 0.6 is 0 Å². The van der Waals surface area contributed by atoms with Gasteiger partial charge >= 0.3 is 0 Å². The van der Waals surface area contributed by atoms with Crippen molar-refractivity contribution >= 4 is 11.6 Å². The molecule has 3 saturated heterocycles. The van der Waals surface area contributed by atoms with Crippen LogP contribution in [0, 0.1) is 11.8 Å². The summed E-state index contributed by atoms with van der Waals surface area (Å²) < 4.78 is 14.1. The molecule has 0 amide bonds. The zero-order chi connectivity index (χ0) is 21.2. The fraction of sp³-hybridized carbons (Fsp3) is 0.591. The normalized spacial score (nSPS) is 30.6. The molecule has 6 rings (SSSR count). The monoisotopic (exact) mass is 424 g/mol. The predicted octanol–water partition coefficient (Wildman–Crippen LogP) is 1.54. The van der Waals surface area contributed by atoms with E-state index in [1.54, 1.807) is 0 Å². The van der Waals surface area contributed by atoms with Gasteiger partial charge in [0.2, 0.25) is 5.89 Å². The number of fused-ring (bicyclic) bond motifs is 2. The number of nitrogens with zero attached hydrogens (tertiary/aromatic N) is 6. The molecule has 3 aliphatic rings. The summed E-state index contributed by atoms with van der Waals surface area (Å²) in [5.41, 5.74) is 1.68. The molecule has 3 fully saturated rings. The number of hydrogen-bond acceptors (Lipinski definition) is 8. The van der Waals surface area contributed by atoms with E-state index in [0.29, 0.717) is 24.9 Å². The lowest BCUT2D eigenvalue weighted by molar-refractivity contribution is -0.0650. The first-order valence-corrected chi connectivity index (χ1v) is 11.1. The van der Waals surface area contributed by atoms with Crippen molar-refractivity contribution in [2.24, 2.45) is 11.8 Å². The summed E-state index contributed by atoms with van der Waals surface area (Å²) in [6.45, 7) is 8.10. The van der Waals surface area contributed by atoms with Crippen LogP contribution in [0.25, 0.3) is 5.65 Å². The highest BCUT2D eigenvalue weighted by Gasteiger charge is 2.62. The molecule has 2 bridgehead atoms. The second-order valence-electron chi connectivity index (χ2n) is 9.51. The highest BCUT2D eigenvalue weighted by Crippen LogP contribution is 2.49. The maximum Gasteiger partial charge on any atom is 0.266 e. The van der Waals surface area contributed by atoms with E-state index in [4.69, 9.17) is 14.2 Å². The van der Waals surface area contributed by atoms with Gasteiger partial charge in [0.15, 0.2) is 0 Å². The fourth-order valence-electron chi connectivity index (χ4n) is 5.69. The van der Waals surface area contributed by atoms with E-state index in [9.17, 15) is 5.11 Å². The summed E-state index contributed by atoms with van der Waals surface area (Å²) >= 11 is 0. The molecule has 1 spiro atoms. The summed E-state index contributed by atoms with van der Waals surface area (Å²) in [5.74, 6) is 1.88. The molecule has 164 valence electrons. The van der Waals surface area contributed by atoms with Gasteiger partial charge in [0.25, 0.3) is 5.95 Å². The van der Waals surface area contributed by atoms with E-state index in [-0.39, 0.29) is 36.1 Å². The van der Waals surface area contributed by atoms with Crippen LogP contribution in [0.1, 0.15) is 31.4 Å². The van der Waals surface area contributed by atoms with Crippen molar-refractivity contribution in [3.8, 4) is 0 Å². The molecular weight excluding hydrogens is 396 g/mol. The van der Waals surface area contributed by atoms with Gasteiger partial charge in [-0.05, 0) is 17.3 Å². The van der Waals surface area contributed by atoms with Crippen LogP contribution in [0.5, 0.6) is 0 Å². The van der Waals surface area contributed by atoms with Crippen LogP contribution in [-0.2, 0) is 11.3 Å². The third-order valence-electron chi connectivity index (χ3n) is 7.08. The number of hydrogen-bond donors (Lipinski definition) is 1. The lowest BCUT2D eigenvalue weighted by Crippen LogP contribution is -2.54. The van der Waals surface area contributed by atoms with Gasteiger partial charge in [-0.2, -0.15) is 4.98 Å². The van der Waals surface area contributed by atoms with Gasteiger partial charge in [0.05, 0.1) is 18.3 Å². The molecule has 0 radical (unpaired) electrons. The second-order valence-corrected chi connectivity index (χ2v) is 9.51.